The van der Waals surface area contributed by atoms with E-state index in [4.69, 9.17) is 4.74 Å². The number of hydrogen-bond donors (Lipinski definition) is 2. The van der Waals surface area contributed by atoms with Crippen molar-refractivity contribution in [1.82, 2.24) is 15.6 Å². The van der Waals surface area contributed by atoms with E-state index >= 15 is 0 Å². The topological polar surface area (TPSA) is 63.2 Å². The van der Waals surface area contributed by atoms with Crippen molar-refractivity contribution in [3.05, 3.63) is 30.1 Å². The van der Waals surface area contributed by atoms with Gasteiger partial charge in [-0.2, -0.15) is 0 Å². The van der Waals surface area contributed by atoms with E-state index in [-0.39, 0.29) is 11.9 Å². The molecule has 2 N–H and O–H groups in total. The monoisotopic (exact) mass is 277 g/mol. The van der Waals surface area contributed by atoms with Gasteiger partial charge in [0, 0.05) is 19.5 Å². The second-order valence-corrected chi connectivity index (χ2v) is 5.44. The van der Waals surface area contributed by atoms with Gasteiger partial charge in [0.25, 0.3) is 0 Å². The Hall–Kier alpha value is -1.46. The largest absolute Gasteiger partial charge is 0.384 e. The molecule has 0 bridgehead atoms. The van der Waals surface area contributed by atoms with Gasteiger partial charge in [0.05, 0.1) is 18.1 Å². The molecule has 1 aromatic heterocycles. The number of aromatic nitrogens is 1. The molecular formula is C15H23N3O2. The van der Waals surface area contributed by atoms with E-state index in [1.54, 1.807) is 19.5 Å². The number of piperidine rings is 1. The number of amides is 1. The molecular weight excluding hydrogens is 254 g/mol. The van der Waals surface area contributed by atoms with Crippen LogP contribution in [0.5, 0.6) is 0 Å². The number of carbonyl (C=O) groups excluding carboxylic acids is 1. The Balaban J connectivity index is 2.05. The molecule has 2 heterocycles. The number of methoxy groups -OCH3 is 1. The van der Waals surface area contributed by atoms with E-state index in [0.717, 1.165) is 31.5 Å². The molecule has 1 amide bonds. The summed E-state index contributed by atoms with van der Waals surface area (Å²) in [4.78, 5) is 16.7. The Morgan fingerprint density at radius 1 is 1.45 bits per heavy atom. The van der Waals surface area contributed by atoms with Crippen molar-refractivity contribution in [3.8, 4) is 0 Å². The first-order chi connectivity index (χ1) is 9.68. The van der Waals surface area contributed by atoms with Crippen molar-refractivity contribution < 1.29 is 9.53 Å². The Kier molecular flexibility index (Phi) is 5.09. The van der Waals surface area contributed by atoms with Gasteiger partial charge in [-0.25, -0.2) is 0 Å². The van der Waals surface area contributed by atoms with Crippen molar-refractivity contribution in [2.75, 3.05) is 26.8 Å². The number of nitrogens with zero attached hydrogens (tertiary/aromatic N) is 1. The summed E-state index contributed by atoms with van der Waals surface area (Å²) in [5, 5.41) is 6.41. The lowest BCUT2D eigenvalue weighted by Gasteiger charge is -2.36. The number of ether oxygens (including phenoxy) is 1. The summed E-state index contributed by atoms with van der Waals surface area (Å²) in [6.07, 6.45) is 5.12. The maximum atomic E-state index is 12.7. The van der Waals surface area contributed by atoms with Crippen LogP contribution in [0.4, 0.5) is 0 Å². The van der Waals surface area contributed by atoms with E-state index in [2.05, 4.69) is 15.6 Å². The summed E-state index contributed by atoms with van der Waals surface area (Å²) < 4.78 is 5.29. The van der Waals surface area contributed by atoms with Crippen LogP contribution in [0.15, 0.2) is 24.5 Å². The fourth-order valence-corrected chi connectivity index (χ4v) is 2.70. The lowest BCUT2D eigenvalue weighted by atomic mass is 9.78. The average molecular weight is 277 g/mol. The minimum Gasteiger partial charge on any atom is -0.384 e. The van der Waals surface area contributed by atoms with Gasteiger partial charge in [-0.3, -0.25) is 9.78 Å². The highest BCUT2D eigenvalue weighted by Crippen LogP contribution is 2.30. The van der Waals surface area contributed by atoms with Gasteiger partial charge in [-0.05, 0) is 50.6 Å². The Morgan fingerprint density at radius 2 is 2.10 bits per heavy atom. The summed E-state index contributed by atoms with van der Waals surface area (Å²) in [7, 11) is 1.66. The van der Waals surface area contributed by atoms with Crippen LogP contribution in [0.25, 0.3) is 0 Å². The third-order valence-corrected chi connectivity index (χ3v) is 4.02. The third-order valence-electron chi connectivity index (χ3n) is 4.02. The molecule has 1 aliphatic heterocycles. The molecule has 20 heavy (non-hydrogen) atoms. The maximum Gasteiger partial charge on any atom is 0.229 e. The van der Waals surface area contributed by atoms with Crippen molar-refractivity contribution >= 4 is 5.91 Å². The molecule has 1 aliphatic rings. The molecule has 5 heteroatoms. The van der Waals surface area contributed by atoms with Crippen molar-refractivity contribution in [2.24, 2.45) is 5.41 Å². The van der Waals surface area contributed by atoms with Gasteiger partial charge in [0.1, 0.15) is 0 Å². The maximum absolute atomic E-state index is 12.7. The van der Waals surface area contributed by atoms with Gasteiger partial charge in [-0.15, -0.1) is 0 Å². The van der Waals surface area contributed by atoms with Crippen molar-refractivity contribution in [3.63, 3.8) is 0 Å². The quantitative estimate of drug-likeness (QED) is 0.851. The lowest BCUT2D eigenvalue weighted by molar-refractivity contribution is -0.136. The zero-order valence-corrected chi connectivity index (χ0v) is 12.2. The number of hydrogen-bond acceptors (Lipinski definition) is 4. The highest BCUT2D eigenvalue weighted by molar-refractivity contribution is 5.83. The molecule has 1 atom stereocenters. The fourth-order valence-electron chi connectivity index (χ4n) is 2.70. The molecule has 110 valence electrons. The number of rotatable bonds is 5. The Morgan fingerprint density at radius 3 is 2.70 bits per heavy atom. The minimum atomic E-state index is -0.401. The molecule has 0 unspecified atom stereocenters. The molecule has 2 rings (SSSR count). The van der Waals surface area contributed by atoms with Crippen LogP contribution in [0.1, 0.15) is 31.4 Å². The van der Waals surface area contributed by atoms with E-state index in [1.165, 1.54) is 0 Å². The van der Waals surface area contributed by atoms with Crippen LogP contribution in [0.2, 0.25) is 0 Å². The molecule has 0 aromatic carbocycles. The van der Waals surface area contributed by atoms with E-state index in [0.29, 0.717) is 6.61 Å². The average Bonchev–Trinajstić information content (AvgIpc) is 2.49. The number of carbonyl (C=O) groups is 1. The molecule has 1 aromatic rings. The highest BCUT2D eigenvalue weighted by atomic mass is 16.5. The summed E-state index contributed by atoms with van der Waals surface area (Å²) in [6.45, 7) is 4.19. The Bertz CT molecular complexity index is 424. The zero-order chi connectivity index (χ0) is 14.4. The van der Waals surface area contributed by atoms with Crippen LogP contribution >= 0.6 is 0 Å². The molecule has 5 nitrogen and oxygen atoms in total. The first-order valence-electron chi connectivity index (χ1n) is 7.08. The van der Waals surface area contributed by atoms with Gasteiger partial charge >= 0.3 is 0 Å². The first kappa shape index (κ1) is 14.9. The summed E-state index contributed by atoms with van der Waals surface area (Å²) in [5.74, 6) is 0.0881. The van der Waals surface area contributed by atoms with Gasteiger partial charge in [0.2, 0.25) is 5.91 Å². The van der Waals surface area contributed by atoms with Gasteiger partial charge in [0.15, 0.2) is 0 Å². The molecule has 1 saturated heterocycles. The van der Waals surface area contributed by atoms with Crippen molar-refractivity contribution in [1.29, 1.82) is 0 Å². The van der Waals surface area contributed by atoms with Gasteiger partial charge in [-0.1, -0.05) is 0 Å². The normalized spacial score (nSPS) is 19.3. The van der Waals surface area contributed by atoms with Crippen molar-refractivity contribution in [2.45, 2.75) is 25.8 Å². The molecule has 0 saturated carbocycles. The zero-order valence-electron chi connectivity index (χ0n) is 12.2. The predicted octanol–water partition coefficient (Wildman–Crippen LogP) is 1.27. The van der Waals surface area contributed by atoms with Crippen LogP contribution in [0.3, 0.4) is 0 Å². The summed E-state index contributed by atoms with van der Waals surface area (Å²) in [6, 6.07) is 3.83. The number of pyridine rings is 1. The van der Waals surface area contributed by atoms with Crippen LogP contribution in [-0.4, -0.2) is 37.7 Å². The van der Waals surface area contributed by atoms with E-state index < -0.39 is 5.41 Å². The second-order valence-electron chi connectivity index (χ2n) is 5.44. The fraction of sp³-hybridized carbons (Fsp3) is 0.600. The molecule has 1 fully saturated rings. The van der Waals surface area contributed by atoms with Crippen LogP contribution in [0, 0.1) is 5.41 Å². The van der Waals surface area contributed by atoms with Crippen LogP contribution < -0.4 is 10.6 Å². The smallest absolute Gasteiger partial charge is 0.229 e. The van der Waals surface area contributed by atoms with Crippen LogP contribution in [-0.2, 0) is 9.53 Å². The summed E-state index contributed by atoms with van der Waals surface area (Å²) >= 11 is 0. The highest BCUT2D eigenvalue weighted by Gasteiger charge is 2.40. The molecule has 0 spiro atoms. The minimum absolute atomic E-state index is 0.0193. The Labute approximate surface area is 120 Å². The second kappa shape index (κ2) is 6.81. The molecule has 0 aliphatic carbocycles. The summed E-state index contributed by atoms with van der Waals surface area (Å²) in [5.41, 5.74) is 0.663. The first-order valence-corrected chi connectivity index (χ1v) is 7.08. The number of nitrogens with one attached hydrogen (secondary N) is 2. The standard InChI is InChI=1S/C15H23N3O2/c1-12(13-3-7-16-8-4-13)18-14(19)15(11-20-2)5-9-17-10-6-15/h3-4,7-8,12,17H,5-6,9-11H2,1-2H3,(H,18,19)/t12-/m1/s1. The van der Waals surface area contributed by atoms with Gasteiger partial charge < -0.3 is 15.4 Å². The molecule has 0 radical (unpaired) electrons. The third kappa shape index (κ3) is 3.35. The van der Waals surface area contributed by atoms with E-state index in [1.807, 2.05) is 19.1 Å². The lowest BCUT2D eigenvalue weighted by Crippen LogP contribution is -2.50. The van der Waals surface area contributed by atoms with E-state index in [9.17, 15) is 4.79 Å². The SMILES string of the molecule is COCC1(C(=O)N[C@H](C)c2ccncc2)CCNCC1. The predicted molar refractivity (Wildman–Crippen MR) is 77.2 cm³/mol.